The highest BCUT2D eigenvalue weighted by atomic mass is 16.6. The monoisotopic (exact) mass is 1720 g/mol. The number of hydrogen-bond donors (Lipinski definition) is 0. The Bertz CT molecular complexity index is 3960. The molecule has 21 nitrogen and oxygen atoms in total. The first-order valence-corrected chi connectivity index (χ1v) is 46.1. The van der Waals surface area contributed by atoms with E-state index in [1.54, 1.807) is 0 Å². The average molecular weight is 1720 g/mol. The molecule has 6 aromatic carbocycles. The van der Waals surface area contributed by atoms with Gasteiger partial charge in [0.2, 0.25) is 0 Å². The molecule has 3 unspecified atom stereocenters. The zero-order valence-corrected chi connectivity index (χ0v) is 76.2. The minimum atomic E-state index is 0.176. The maximum atomic E-state index is 6.02. The van der Waals surface area contributed by atoms with Crippen LogP contribution < -0.4 is 23.7 Å². The Hall–Kier alpha value is -6.32. The van der Waals surface area contributed by atoms with Gasteiger partial charge in [-0.1, -0.05) is 173 Å². The highest BCUT2D eigenvalue weighted by Gasteiger charge is 2.42. The summed E-state index contributed by atoms with van der Waals surface area (Å²) >= 11 is 0. The van der Waals surface area contributed by atoms with E-state index in [9.17, 15) is 0 Å². The summed E-state index contributed by atoms with van der Waals surface area (Å²) in [5.74, 6) is 4.46. The highest BCUT2D eigenvalue weighted by molar-refractivity contribution is 5.34. The number of rotatable bonds is 46. The Labute approximate surface area is 740 Å². The fourth-order valence-corrected chi connectivity index (χ4v) is 15.6. The molecule has 3 atom stereocenters. The van der Waals surface area contributed by atoms with Crippen molar-refractivity contribution in [3.8, 4) is 28.7 Å². The summed E-state index contributed by atoms with van der Waals surface area (Å²) in [5.41, 5.74) is 10.9. The van der Waals surface area contributed by atoms with Gasteiger partial charge in [0.15, 0.2) is 0 Å². The smallest absolute Gasteiger partial charge is 0.123 e. The predicted molar refractivity (Wildman–Crippen MR) is 476 cm³/mol. The molecule has 124 heavy (non-hydrogen) atoms. The van der Waals surface area contributed by atoms with E-state index in [4.69, 9.17) is 99.5 Å². The van der Waals surface area contributed by atoms with Gasteiger partial charge in [0.05, 0.1) is 211 Å². The summed E-state index contributed by atoms with van der Waals surface area (Å²) in [6.07, 6.45) is 16.3. The summed E-state index contributed by atoms with van der Waals surface area (Å²) < 4.78 is 117. The van der Waals surface area contributed by atoms with Crippen LogP contribution in [0.5, 0.6) is 28.7 Å². The van der Waals surface area contributed by atoms with Crippen LogP contribution in [0.2, 0.25) is 0 Å². The second kappa shape index (κ2) is 46.3. The molecule has 3 aliphatic carbocycles. The van der Waals surface area contributed by atoms with Gasteiger partial charge in [-0.2, -0.15) is 0 Å². The van der Waals surface area contributed by atoms with Crippen molar-refractivity contribution in [2.75, 3.05) is 178 Å². The molecule has 12 fully saturated rings. The number of ether oxygens (including phenoxy) is 21. The van der Waals surface area contributed by atoms with Crippen LogP contribution in [-0.2, 0) is 122 Å². The minimum absolute atomic E-state index is 0.176. The van der Waals surface area contributed by atoms with Gasteiger partial charge < -0.3 is 99.5 Å². The fraction of sp³-hybridized carbons (Fsp3) is 0.650. The second-order valence-electron chi connectivity index (χ2n) is 39.8. The zero-order chi connectivity index (χ0) is 86.5. The zero-order valence-electron chi connectivity index (χ0n) is 76.2. The van der Waals surface area contributed by atoms with E-state index in [0.29, 0.717) is 108 Å². The van der Waals surface area contributed by atoms with Gasteiger partial charge in [0, 0.05) is 44.0 Å². The molecule has 21 heteroatoms. The van der Waals surface area contributed by atoms with Gasteiger partial charge in [-0.3, -0.25) is 0 Å². The van der Waals surface area contributed by atoms with Crippen molar-refractivity contribution >= 4 is 0 Å². The first-order chi connectivity index (χ1) is 60.1. The Morgan fingerprint density at radius 3 is 0.790 bits per heavy atom. The molecule has 18 rings (SSSR count). The molecule has 9 aliphatic heterocycles. The van der Waals surface area contributed by atoms with E-state index >= 15 is 0 Å². The normalized spacial score (nSPS) is 22.6. The Kier molecular flexibility index (Phi) is 35.6. The molecule has 12 aliphatic rings. The lowest BCUT2D eigenvalue weighted by Crippen LogP contribution is -2.45. The Morgan fingerprint density at radius 1 is 0.250 bits per heavy atom. The van der Waals surface area contributed by atoms with Crippen LogP contribution in [0.4, 0.5) is 0 Å². The maximum Gasteiger partial charge on any atom is 0.123 e. The van der Waals surface area contributed by atoms with E-state index in [-0.39, 0.29) is 38.6 Å². The minimum Gasteiger partial charge on any atom is -0.493 e. The molecule has 0 N–H and O–H groups in total. The van der Waals surface area contributed by atoms with Crippen LogP contribution in [0, 0.1) is 48.7 Å². The molecule has 9 heterocycles. The van der Waals surface area contributed by atoms with Gasteiger partial charge in [-0.05, 0) is 156 Å². The van der Waals surface area contributed by atoms with Crippen molar-refractivity contribution in [3.05, 3.63) is 185 Å². The molecular formula is C103H146O21. The molecule has 684 valence electrons. The van der Waals surface area contributed by atoms with E-state index in [2.05, 4.69) is 129 Å². The lowest BCUT2D eigenvalue weighted by molar-refractivity contribution is -0.152. The molecule has 0 amide bonds. The lowest BCUT2D eigenvalue weighted by atomic mass is 9.68. The highest BCUT2D eigenvalue weighted by Crippen LogP contribution is 2.45. The summed E-state index contributed by atoms with van der Waals surface area (Å²) in [5, 5.41) is 0. The standard InChI is InChI=1S/C21H32O3.C19H28O3.C17H24O3.C16H22O4.2C15H20O4/c1-3-20(9-6-10-20)14-22-12-18-7-5-8-19(11-18)13-23-15-21(4-2)16-24-17-21;1-18(7-4-8-18)12-20-10-16-5-3-6-17(9-16)11-21-13-19(2)14-22-15-19;1-16(7-4-8-16)12-19-14-5-3-6-15(9-14)20-13-17(2)10-18-11-17;1-2-16(11-18-12-16)10-17-7-13-4-3-5-14(6-13)19-8-15-9-20-15;1-15(10-17-11-15)9-16-6-12-3-2-4-13(5-12)18-7-14-8-19-14;1-15(9-17-10-15)11-19-13-4-2-3-12(5-13)6-16-7-14-8-18-14/h5,7-8,11H,3-4,6,9-10,12-17H2,1-2H3;3,5-6,9H,4,7-8,10-15H2,1-2H3;3,5-6,9H,4,7-8,10-13H2,1-2H3;3-6,15H,2,7-12H2,1H3;2*2-5,14H,6-11H2,1H3. The van der Waals surface area contributed by atoms with Crippen molar-refractivity contribution in [2.45, 2.75) is 204 Å². The third kappa shape index (κ3) is 31.5. The molecule has 0 spiro atoms. The molecule has 9 saturated heterocycles. The molecule has 3 saturated carbocycles. The topological polar surface area (TPSA) is 204 Å². The summed E-state index contributed by atoms with van der Waals surface area (Å²) in [4.78, 5) is 0. The number of hydrogen-bond acceptors (Lipinski definition) is 21. The summed E-state index contributed by atoms with van der Waals surface area (Å²) in [6, 6.07) is 49.3. The second-order valence-corrected chi connectivity index (χ2v) is 39.8. The summed E-state index contributed by atoms with van der Waals surface area (Å²) in [7, 11) is 0. The number of epoxide rings is 3. The lowest BCUT2D eigenvalue weighted by Gasteiger charge is -2.40. The predicted octanol–water partition coefficient (Wildman–Crippen LogP) is 18.8. The molecular weight excluding hydrogens is 1570 g/mol. The number of benzene rings is 6. The fourth-order valence-electron chi connectivity index (χ4n) is 15.6. The van der Waals surface area contributed by atoms with Crippen LogP contribution >= 0.6 is 0 Å². The van der Waals surface area contributed by atoms with E-state index < -0.39 is 0 Å². The third-order valence-electron chi connectivity index (χ3n) is 26.1. The maximum absolute atomic E-state index is 6.02. The first kappa shape index (κ1) is 95.3. The van der Waals surface area contributed by atoms with Crippen LogP contribution in [0.3, 0.4) is 0 Å². The molecule has 0 bridgehead atoms. The van der Waals surface area contributed by atoms with E-state index in [1.807, 2.05) is 78.9 Å². The first-order valence-electron chi connectivity index (χ1n) is 46.1. The molecule has 0 aromatic heterocycles. The van der Waals surface area contributed by atoms with Crippen molar-refractivity contribution < 1.29 is 99.5 Å². The van der Waals surface area contributed by atoms with Crippen molar-refractivity contribution in [2.24, 2.45) is 48.7 Å². The van der Waals surface area contributed by atoms with Crippen LogP contribution in [0.25, 0.3) is 0 Å². The van der Waals surface area contributed by atoms with Crippen molar-refractivity contribution in [3.63, 3.8) is 0 Å². The van der Waals surface area contributed by atoms with Gasteiger partial charge in [0.25, 0.3) is 0 Å². The van der Waals surface area contributed by atoms with Gasteiger partial charge in [0.1, 0.15) is 60.3 Å². The third-order valence-corrected chi connectivity index (χ3v) is 26.1. The van der Waals surface area contributed by atoms with Gasteiger partial charge in [-0.25, -0.2) is 0 Å². The van der Waals surface area contributed by atoms with Gasteiger partial charge >= 0.3 is 0 Å². The summed E-state index contributed by atoms with van der Waals surface area (Å²) in [6.45, 7) is 46.0. The van der Waals surface area contributed by atoms with Crippen LogP contribution in [0.1, 0.15) is 178 Å². The van der Waals surface area contributed by atoms with Crippen molar-refractivity contribution in [1.82, 2.24) is 0 Å². The quantitative estimate of drug-likeness (QED) is 0.0326. The Balaban J connectivity index is 0.000000128. The van der Waals surface area contributed by atoms with Crippen LogP contribution in [0.15, 0.2) is 146 Å². The van der Waals surface area contributed by atoms with Crippen LogP contribution in [-0.4, -0.2) is 197 Å². The van der Waals surface area contributed by atoms with Gasteiger partial charge in [-0.15, -0.1) is 0 Å². The largest absolute Gasteiger partial charge is 0.493 e. The molecule has 0 radical (unpaired) electrons. The average Bonchev–Trinajstić information content (AvgIpc) is 1.08. The van der Waals surface area contributed by atoms with E-state index in [0.717, 1.165) is 204 Å². The molecule has 6 aromatic rings. The Morgan fingerprint density at radius 2 is 0.500 bits per heavy atom. The van der Waals surface area contributed by atoms with Crippen molar-refractivity contribution in [1.29, 1.82) is 0 Å². The van der Waals surface area contributed by atoms with E-state index in [1.165, 1.54) is 86.5 Å². The SMILES string of the molecule is CC1(COCc2cccc(COCC3(C)COC3)c2)CCC1.CC1(COCc2cccc(OCC3CO3)c2)COC1.CC1(COc2cccc(COCC3CO3)c2)COC1.CC1(COc2cccc(OCC3(C)COC3)c2)CCC1.CCC1(COCc2cccc(COCC3(CC)COC3)c2)CCC1.CCC1(COCc2cccc(OCC3CO3)c2)COC1.